The molecule has 1 N–H and O–H groups in total. The first-order valence-electron chi connectivity index (χ1n) is 10.7. The van der Waals surface area contributed by atoms with E-state index in [9.17, 15) is 17.9 Å². The van der Waals surface area contributed by atoms with Crippen LogP contribution in [0.5, 0.6) is 0 Å². The molecule has 9 heteroatoms. The van der Waals surface area contributed by atoms with Gasteiger partial charge in [0, 0.05) is 31.4 Å². The second kappa shape index (κ2) is 7.75. The van der Waals surface area contributed by atoms with E-state index in [-0.39, 0.29) is 35.6 Å². The molecule has 1 unspecified atom stereocenters. The lowest BCUT2D eigenvalue weighted by atomic mass is 9.81. The number of likely N-dealkylation sites (N-methyl/N-ethyl adjacent to an activating group) is 1. The quantitative estimate of drug-likeness (QED) is 0.770. The summed E-state index contributed by atoms with van der Waals surface area (Å²) >= 11 is 0. The van der Waals surface area contributed by atoms with Crippen molar-refractivity contribution in [2.45, 2.75) is 31.5 Å². The molecule has 32 heavy (non-hydrogen) atoms. The van der Waals surface area contributed by atoms with Crippen LogP contribution in [0, 0.1) is 11.7 Å². The van der Waals surface area contributed by atoms with Crippen LogP contribution in [0.25, 0.3) is 11.1 Å². The molecule has 0 bridgehead atoms. The van der Waals surface area contributed by atoms with E-state index in [0.717, 1.165) is 22.4 Å². The average Bonchev–Trinajstić information content (AvgIpc) is 3.41. The Hall–Kier alpha value is -2.62. The summed E-state index contributed by atoms with van der Waals surface area (Å²) in [6.07, 6.45) is 2.15. The number of amidine groups is 1. The molecule has 1 saturated heterocycles. The second-order valence-electron chi connectivity index (χ2n) is 8.59. The van der Waals surface area contributed by atoms with Gasteiger partial charge in [-0.3, -0.25) is 0 Å². The number of aliphatic hydroxyl groups excluding tert-OH is 1. The maximum Gasteiger partial charge on any atom is 0.278 e. The summed E-state index contributed by atoms with van der Waals surface area (Å²) in [5, 5.41) is 9.97. The normalized spacial score (nSPS) is 27.4. The van der Waals surface area contributed by atoms with Crippen molar-refractivity contribution in [3.63, 3.8) is 0 Å². The van der Waals surface area contributed by atoms with Crippen LogP contribution in [0.2, 0.25) is 0 Å². The average molecular weight is 457 g/mol. The van der Waals surface area contributed by atoms with Gasteiger partial charge in [0.15, 0.2) is 0 Å². The molecule has 7 nitrogen and oxygen atoms in total. The fourth-order valence-corrected chi connectivity index (χ4v) is 6.80. The topological polar surface area (TPSA) is 85.6 Å². The fraction of sp³-hybridized carbons (Fsp3) is 0.391. The summed E-state index contributed by atoms with van der Waals surface area (Å²) in [4.78, 5) is 10.3. The molecule has 2 aromatic carbocycles. The minimum atomic E-state index is -3.89. The summed E-state index contributed by atoms with van der Waals surface area (Å²) in [6.45, 7) is 2.04. The van der Waals surface area contributed by atoms with Gasteiger partial charge in [-0.25, -0.2) is 22.8 Å². The summed E-state index contributed by atoms with van der Waals surface area (Å²) in [6, 6.07) is 11.2. The van der Waals surface area contributed by atoms with E-state index in [1.165, 1.54) is 22.7 Å². The first-order valence-corrected chi connectivity index (χ1v) is 12.1. The van der Waals surface area contributed by atoms with Gasteiger partial charge in [-0.15, -0.1) is 0 Å². The molecule has 0 aliphatic carbocycles. The van der Waals surface area contributed by atoms with Crippen LogP contribution in [0.1, 0.15) is 24.9 Å². The van der Waals surface area contributed by atoms with Crippen molar-refractivity contribution in [1.29, 1.82) is 0 Å². The van der Waals surface area contributed by atoms with Crippen LogP contribution in [-0.4, -0.2) is 61.5 Å². The monoisotopic (exact) mass is 456 g/mol. The Morgan fingerprint density at radius 3 is 2.66 bits per heavy atom. The Morgan fingerprint density at radius 2 is 1.97 bits per heavy atom. The number of nitrogens with zero attached hydrogens (tertiary/aromatic N) is 4. The summed E-state index contributed by atoms with van der Waals surface area (Å²) in [5.74, 6) is -0.412. The number of benzene rings is 2. The molecular weight excluding hydrogens is 431 g/mol. The van der Waals surface area contributed by atoms with E-state index >= 15 is 0 Å². The highest BCUT2D eigenvalue weighted by Gasteiger charge is 2.51. The summed E-state index contributed by atoms with van der Waals surface area (Å²) in [7, 11) is -1.97. The van der Waals surface area contributed by atoms with Crippen molar-refractivity contribution in [2.75, 3.05) is 25.1 Å². The molecule has 4 atom stereocenters. The van der Waals surface area contributed by atoms with E-state index < -0.39 is 16.1 Å². The van der Waals surface area contributed by atoms with E-state index in [1.807, 2.05) is 36.2 Å². The van der Waals surface area contributed by atoms with Gasteiger partial charge in [-0.05, 0) is 54.3 Å². The van der Waals surface area contributed by atoms with Crippen LogP contribution in [-0.2, 0) is 10.0 Å². The van der Waals surface area contributed by atoms with E-state index in [1.54, 1.807) is 13.0 Å². The highest BCUT2D eigenvalue weighted by atomic mass is 32.2. The molecule has 0 radical (unpaired) electrons. The number of aliphatic hydroxyl groups is 1. The highest BCUT2D eigenvalue weighted by Crippen LogP contribution is 2.50. The lowest BCUT2D eigenvalue weighted by molar-refractivity contribution is 0.193. The minimum absolute atomic E-state index is 0.0766. The number of hydrogen-bond donors (Lipinski definition) is 1. The van der Waals surface area contributed by atoms with Crippen molar-refractivity contribution < 1.29 is 17.9 Å². The van der Waals surface area contributed by atoms with Crippen molar-refractivity contribution in [3.8, 4) is 11.1 Å². The highest BCUT2D eigenvalue weighted by molar-refractivity contribution is 8.04. The van der Waals surface area contributed by atoms with Gasteiger partial charge < -0.3 is 10.0 Å². The molecule has 0 saturated carbocycles. The molecule has 0 amide bonds. The molecule has 168 valence electrons. The summed E-state index contributed by atoms with van der Waals surface area (Å²) < 4.78 is 42.3. The zero-order valence-electron chi connectivity index (χ0n) is 17.9. The Labute approximate surface area is 187 Å². The number of aliphatic imine (C=N–C) groups is 2. The van der Waals surface area contributed by atoms with Crippen LogP contribution < -0.4 is 4.90 Å². The van der Waals surface area contributed by atoms with Gasteiger partial charge in [-0.1, -0.05) is 18.2 Å². The largest absolute Gasteiger partial charge is 0.394 e. The number of halogens is 1. The van der Waals surface area contributed by atoms with Crippen LogP contribution in [0.3, 0.4) is 0 Å². The zero-order valence-corrected chi connectivity index (χ0v) is 18.7. The molecule has 1 fully saturated rings. The third-order valence-corrected chi connectivity index (χ3v) is 8.42. The van der Waals surface area contributed by atoms with E-state index in [2.05, 4.69) is 9.98 Å². The SMILES string of the molecule is CC1C=NC(S(=O)(=O)N2CC[C@@H]3[C@H](CO)N(C)c4ccc(-c5cccc(F)c5)cc4[C@@H]32)=N1. The standard InChI is InChI=1S/C23H25FN4O3S/c1-14-12-25-23(26-14)32(30,31)28-9-8-18-21(13-29)27(2)20-7-6-16(11-19(20)22(18)28)15-4-3-5-17(24)10-15/h3-7,10-12,14,18,21-22,29H,8-9,13H2,1-2H3/t14?,18-,21+,22-/m1/s1. The number of sulfonamides is 1. The molecule has 2 aromatic rings. The Kier molecular flexibility index (Phi) is 5.15. The third-order valence-electron chi connectivity index (χ3n) is 6.72. The van der Waals surface area contributed by atoms with Gasteiger partial charge in [0.05, 0.1) is 24.7 Å². The number of anilines is 1. The molecular formula is C23H25FN4O3S. The van der Waals surface area contributed by atoms with E-state index in [0.29, 0.717) is 13.0 Å². The Bertz CT molecular complexity index is 1230. The van der Waals surface area contributed by atoms with Crippen LogP contribution in [0.4, 0.5) is 10.1 Å². The number of rotatable bonds is 3. The minimum Gasteiger partial charge on any atom is -0.394 e. The van der Waals surface area contributed by atoms with Gasteiger partial charge >= 0.3 is 0 Å². The maximum atomic E-state index is 13.8. The summed E-state index contributed by atoms with van der Waals surface area (Å²) in [5.41, 5.74) is 3.24. The van der Waals surface area contributed by atoms with Crippen molar-refractivity contribution in [1.82, 2.24) is 4.31 Å². The van der Waals surface area contributed by atoms with Crippen LogP contribution in [0.15, 0.2) is 52.4 Å². The van der Waals surface area contributed by atoms with Gasteiger partial charge in [-0.2, -0.15) is 4.31 Å². The Morgan fingerprint density at radius 1 is 1.19 bits per heavy atom. The number of hydrogen-bond acceptors (Lipinski definition) is 6. The van der Waals surface area contributed by atoms with Crippen molar-refractivity contribution in [2.24, 2.45) is 15.9 Å². The second-order valence-corrected chi connectivity index (χ2v) is 10.4. The first-order chi connectivity index (χ1) is 15.3. The third kappa shape index (κ3) is 3.27. The molecule has 3 heterocycles. The lowest BCUT2D eigenvalue weighted by Gasteiger charge is -2.44. The van der Waals surface area contributed by atoms with Gasteiger partial charge in [0.1, 0.15) is 5.82 Å². The van der Waals surface area contributed by atoms with Crippen LogP contribution >= 0.6 is 0 Å². The smallest absolute Gasteiger partial charge is 0.278 e. The van der Waals surface area contributed by atoms with Gasteiger partial charge in [0.25, 0.3) is 15.2 Å². The Balaban J connectivity index is 1.64. The molecule has 5 rings (SSSR count). The van der Waals surface area contributed by atoms with E-state index in [4.69, 9.17) is 0 Å². The lowest BCUT2D eigenvalue weighted by Crippen LogP contribution is -2.48. The zero-order chi connectivity index (χ0) is 22.6. The predicted molar refractivity (Wildman–Crippen MR) is 123 cm³/mol. The fourth-order valence-electron chi connectivity index (χ4n) is 5.18. The maximum absolute atomic E-state index is 13.8. The molecule has 0 spiro atoms. The van der Waals surface area contributed by atoms with Crippen molar-refractivity contribution >= 4 is 27.1 Å². The molecule has 0 aromatic heterocycles. The van der Waals surface area contributed by atoms with Crippen molar-refractivity contribution in [3.05, 3.63) is 53.8 Å². The number of fused-ring (bicyclic) bond motifs is 3. The first kappa shape index (κ1) is 21.2. The predicted octanol–water partition coefficient (Wildman–Crippen LogP) is 2.83. The molecule has 3 aliphatic heterocycles. The molecule has 3 aliphatic rings. The van der Waals surface area contributed by atoms with Gasteiger partial charge in [0.2, 0.25) is 0 Å².